The first kappa shape index (κ1) is 16.5. The average Bonchev–Trinajstić information content (AvgIpc) is 2.45. The van der Waals surface area contributed by atoms with Crippen molar-refractivity contribution in [1.82, 2.24) is 0 Å². The van der Waals surface area contributed by atoms with Gasteiger partial charge in [-0.05, 0) is 42.5 Å². The molecule has 1 aliphatic heterocycles. The number of aliphatic hydroxyl groups excluding tert-OH is 1. The number of nitrogens with one attached hydrogen (secondary N) is 1. The van der Waals surface area contributed by atoms with Crippen molar-refractivity contribution in [3.8, 4) is 0 Å². The van der Waals surface area contributed by atoms with Crippen LogP contribution in [-0.4, -0.2) is 29.6 Å². The number of amides is 2. The lowest BCUT2D eigenvalue weighted by Gasteiger charge is -2.29. The fourth-order valence-corrected chi connectivity index (χ4v) is 2.64. The third-order valence-electron chi connectivity index (χ3n) is 4.03. The molecule has 1 aliphatic rings. The number of nitrogens with zero attached hydrogens (tertiary/aromatic N) is 1. The summed E-state index contributed by atoms with van der Waals surface area (Å²) in [6.45, 7) is 6.08. The minimum atomic E-state index is -0.633. The first-order valence-corrected chi connectivity index (χ1v) is 7.77. The van der Waals surface area contributed by atoms with Crippen LogP contribution in [0, 0.1) is 5.92 Å². The van der Waals surface area contributed by atoms with Gasteiger partial charge >= 0.3 is 0 Å². The van der Waals surface area contributed by atoms with Crippen molar-refractivity contribution in [1.29, 1.82) is 0 Å². The number of aliphatic hydroxyl groups is 1. The largest absolute Gasteiger partial charge is 0.392 e. The predicted octanol–water partition coefficient (Wildman–Crippen LogP) is 2.33. The molecule has 0 aromatic heterocycles. The predicted molar refractivity (Wildman–Crippen MR) is 86.9 cm³/mol. The number of hydrogen-bond donors (Lipinski definition) is 2. The molecule has 0 saturated carbocycles. The van der Waals surface area contributed by atoms with Crippen molar-refractivity contribution < 1.29 is 14.7 Å². The molecule has 1 aromatic rings. The minimum absolute atomic E-state index is 0.0396. The van der Waals surface area contributed by atoms with Crippen LogP contribution >= 0.6 is 0 Å². The Morgan fingerprint density at radius 2 is 2.09 bits per heavy atom. The summed E-state index contributed by atoms with van der Waals surface area (Å²) in [4.78, 5) is 25.3. The topological polar surface area (TPSA) is 69.6 Å². The second kappa shape index (κ2) is 6.92. The van der Waals surface area contributed by atoms with Crippen molar-refractivity contribution in [3.63, 3.8) is 0 Å². The number of carbonyl (C=O) groups is 2. The zero-order valence-electron chi connectivity index (χ0n) is 13.4. The molecular weight excluding hydrogens is 280 g/mol. The van der Waals surface area contributed by atoms with Crippen molar-refractivity contribution >= 4 is 23.2 Å². The van der Waals surface area contributed by atoms with Gasteiger partial charge in [0.15, 0.2) is 0 Å². The van der Waals surface area contributed by atoms with Crippen molar-refractivity contribution in [2.75, 3.05) is 16.8 Å². The molecule has 0 spiro atoms. The van der Waals surface area contributed by atoms with Crippen molar-refractivity contribution in [3.05, 3.63) is 23.8 Å². The summed E-state index contributed by atoms with van der Waals surface area (Å²) in [7, 11) is 0. The van der Waals surface area contributed by atoms with Crippen molar-refractivity contribution in [2.24, 2.45) is 5.92 Å². The smallest absolute Gasteiger partial charge is 0.226 e. The normalized spacial score (nSPS) is 15.4. The van der Waals surface area contributed by atoms with Crippen LogP contribution in [0.4, 0.5) is 11.4 Å². The van der Waals surface area contributed by atoms with Crippen LogP contribution in [-0.2, 0) is 16.0 Å². The van der Waals surface area contributed by atoms with E-state index < -0.39 is 6.10 Å². The summed E-state index contributed by atoms with van der Waals surface area (Å²) in [5, 5.41) is 12.6. The summed E-state index contributed by atoms with van der Waals surface area (Å²) in [5.74, 6) is -0.100. The van der Waals surface area contributed by atoms with Gasteiger partial charge in [-0.1, -0.05) is 13.8 Å². The number of aryl methyl sites for hydroxylation is 1. The molecule has 1 aromatic carbocycles. The molecule has 0 fully saturated rings. The number of carbonyl (C=O) groups excluding carboxylic acids is 2. The molecule has 5 nitrogen and oxygen atoms in total. The summed E-state index contributed by atoms with van der Waals surface area (Å²) < 4.78 is 0. The van der Waals surface area contributed by atoms with Crippen LogP contribution in [0.15, 0.2) is 18.2 Å². The van der Waals surface area contributed by atoms with Gasteiger partial charge in [0.2, 0.25) is 11.8 Å². The van der Waals surface area contributed by atoms with Crippen LogP contribution in [0.25, 0.3) is 0 Å². The van der Waals surface area contributed by atoms with Crippen molar-refractivity contribution in [2.45, 2.75) is 46.1 Å². The number of anilines is 2. The van der Waals surface area contributed by atoms with Gasteiger partial charge < -0.3 is 15.3 Å². The molecule has 0 radical (unpaired) electrons. The third kappa shape index (κ3) is 3.85. The Kier molecular flexibility index (Phi) is 5.19. The SMILES string of the molecule is CC(=O)N1CCCc2cc(NC(=O)CC(O)C(C)C)ccc21. The monoisotopic (exact) mass is 304 g/mol. The quantitative estimate of drug-likeness (QED) is 0.897. The van der Waals surface area contributed by atoms with E-state index in [0.29, 0.717) is 5.69 Å². The lowest BCUT2D eigenvalue weighted by Crippen LogP contribution is -2.33. The Morgan fingerprint density at radius 3 is 2.73 bits per heavy atom. The first-order valence-electron chi connectivity index (χ1n) is 7.77. The van der Waals surface area contributed by atoms with E-state index >= 15 is 0 Å². The molecule has 1 heterocycles. The zero-order valence-corrected chi connectivity index (χ0v) is 13.4. The number of fused-ring (bicyclic) bond motifs is 1. The Labute approximate surface area is 131 Å². The molecule has 0 saturated heterocycles. The molecule has 22 heavy (non-hydrogen) atoms. The molecule has 120 valence electrons. The van der Waals surface area contributed by atoms with Gasteiger partial charge in [-0.25, -0.2) is 0 Å². The highest BCUT2D eigenvalue weighted by molar-refractivity contribution is 5.94. The van der Waals surface area contributed by atoms with Gasteiger partial charge in [0, 0.05) is 24.8 Å². The van der Waals surface area contributed by atoms with E-state index in [0.717, 1.165) is 30.6 Å². The average molecular weight is 304 g/mol. The summed E-state index contributed by atoms with van der Waals surface area (Å²) in [6, 6.07) is 5.61. The van der Waals surface area contributed by atoms with E-state index in [1.54, 1.807) is 17.9 Å². The number of benzene rings is 1. The Hall–Kier alpha value is -1.88. The Bertz CT molecular complexity index is 569. The van der Waals surface area contributed by atoms with E-state index in [1.807, 2.05) is 26.0 Å². The summed E-state index contributed by atoms with van der Waals surface area (Å²) in [5.41, 5.74) is 2.72. The molecule has 2 amide bonds. The summed E-state index contributed by atoms with van der Waals surface area (Å²) in [6.07, 6.45) is 1.28. The molecular formula is C17H24N2O3. The van der Waals surface area contributed by atoms with Crippen LogP contribution in [0.5, 0.6) is 0 Å². The van der Waals surface area contributed by atoms with Crippen LogP contribution in [0.1, 0.15) is 39.2 Å². The highest BCUT2D eigenvalue weighted by Crippen LogP contribution is 2.29. The van der Waals surface area contributed by atoms with Gasteiger partial charge in [-0.15, -0.1) is 0 Å². The fourth-order valence-electron chi connectivity index (χ4n) is 2.64. The van der Waals surface area contributed by atoms with Gasteiger partial charge in [-0.3, -0.25) is 9.59 Å². The lowest BCUT2D eigenvalue weighted by atomic mass is 10.0. The highest BCUT2D eigenvalue weighted by atomic mass is 16.3. The molecule has 1 unspecified atom stereocenters. The number of hydrogen-bond acceptors (Lipinski definition) is 3. The van der Waals surface area contributed by atoms with Gasteiger partial charge in [0.05, 0.1) is 12.5 Å². The lowest BCUT2D eigenvalue weighted by molar-refractivity contribution is -0.118. The zero-order chi connectivity index (χ0) is 16.3. The first-order chi connectivity index (χ1) is 10.4. The molecule has 0 aliphatic carbocycles. The highest BCUT2D eigenvalue weighted by Gasteiger charge is 2.20. The number of rotatable bonds is 4. The van der Waals surface area contributed by atoms with Gasteiger partial charge in [0.25, 0.3) is 0 Å². The maximum atomic E-state index is 11.9. The second-order valence-corrected chi connectivity index (χ2v) is 6.18. The van der Waals surface area contributed by atoms with Crippen LogP contribution < -0.4 is 10.2 Å². The third-order valence-corrected chi connectivity index (χ3v) is 4.03. The van der Waals surface area contributed by atoms with Crippen LogP contribution in [0.2, 0.25) is 0 Å². The molecule has 1 atom stereocenters. The van der Waals surface area contributed by atoms with E-state index in [-0.39, 0.29) is 24.2 Å². The Balaban J connectivity index is 2.08. The van der Waals surface area contributed by atoms with E-state index in [4.69, 9.17) is 0 Å². The van der Waals surface area contributed by atoms with E-state index in [1.165, 1.54) is 0 Å². The molecule has 0 bridgehead atoms. The van der Waals surface area contributed by atoms with E-state index in [2.05, 4.69) is 5.32 Å². The second-order valence-electron chi connectivity index (χ2n) is 6.18. The maximum Gasteiger partial charge on any atom is 0.226 e. The maximum absolute atomic E-state index is 11.9. The Morgan fingerprint density at radius 1 is 1.36 bits per heavy atom. The standard InChI is InChI=1S/C17H24N2O3/c1-11(2)16(21)10-17(22)18-14-6-7-15-13(9-14)5-4-8-19(15)12(3)20/h6-7,9,11,16,21H,4-5,8,10H2,1-3H3,(H,18,22). The van der Waals surface area contributed by atoms with Gasteiger partial charge in [-0.2, -0.15) is 0 Å². The van der Waals surface area contributed by atoms with Crippen LogP contribution in [0.3, 0.4) is 0 Å². The summed E-state index contributed by atoms with van der Waals surface area (Å²) >= 11 is 0. The molecule has 5 heteroatoms. The van der Waals surface area contributed by atoms with Gasteiger partial charge in [0.1, 0.15) is 0 Å². The fraction of sp³-hybridized carbons (Fsp3) is 0.529. The molecule has 2 rings (SSSR count). The minimum Gasteiger partial charge on any atom is -0.392 e. The molecule has 2 N–H and O–H groups in total. The van der Waals surface area contributed by atoms with E-state index in [9.17, 15) is 14.7 Å².